The fourth-order valence-corrected chi connectivity index (χ4v) is 5.92. The van der Waals surface area contributed by atoms with E-state index in [2.05, 4.69) is 9.88 Å². The largest absolute Gasteiger partial charge is 0.493 e. The van der Waals surface area contributed by atoms with Crippen molar-refractivity contribution in [1.29, 1.82) is 0 Å². The predicted molar refractivity (Wildman–Crippen MR) is 163 cm³/mol. The summed E-state index contributed by atoms with van der Waals surface area (Å²) < 4.78 is 85.6. The van der Waals surface area contributed by atoms with Gasteiger partial charge >= 0.3 is 24.3 Å². The number of carbonyl (C=O) groups is 2. The van der Waals surface area contributed by atoms with E-state index in [0.29, 0.717) is 30.9 Å². The summed E-state index contributed by atoms with van der Waals surface area (Å²) >= 11 is 12.4. The smallest absolute Gasteiger partial charge is 0.419 e. The van der Waals surface area contributed by atoms with Gasteiger partial charge in [-0.05, 0) is 48.0 Å². The van der Waals surface area contributed by atoms with Gasteiger partial charge in [-0.15, -0.1) is 0 Å². The Balaban J connectivity index is 1.46. The molecule has 1 N–H and O–H groups in total. The van der Waals surface area contributed by atoms with Crippen molar-refractivity contribution in [1.82, 2.24) is 14.6 Å². The van der Waals surface area contributed by atoms with E-state index in [1.165, 1.54) is 24.3 Å². The first-order valence-electron chi connectivity index (χ1n) is 14.0. The van der Waals surface area contributed by atoms with Gasteiger partial charge in [-0.2, -0.15) is 31.1 Å². The van der Waals surface area contributed by atoms with Gasteiger partial charge in [0.05, 0.1) is 26.6 Å². The third-order valence-electron chi connectivity index (χ3n) is 7.71. The van der Waals surface area contributed by atoms with Crippen LogP contribution in [-0.2, 0) is 16.1 Å². The summed E-state index contributed by atoms with van der Waals surface area (Å²) in [6.07, 6.45) is -8.97. The van der Waals surface area contributed by atoms with Gasteiger partial charge in [-0.25, -0.2) is 9.59 Å². The van der Waals surface area contributed by atoms with Crippen molar-refractivity contribution in [3.8, 4) is 16.9 Å². The van der Waals surface area contributed by atoms with Crippen molar-refractivity contribution in [2.24, 2.45) is 0 Å². The molecular weight excluding hydrogens is 677 g/mol. The van der Waals surface area contributed by atoms with Crippen LogP contribution in [0.5, 0.6) is 5.75 Å². The second-order valence-electron chi connectivity index (χ2n) is 10.6. The van der Waals surface area contributed by atoms with Gasteiger partial charge in [0, 0.05) is 61.1 Å². The molecule has 0 aliphatic carbocycles. The molecule has 0 spiro atoms. The number of piperazine rings is 1. The third kappa shape index (κ3) is 6.45. The number of nitrogens with one attached hydrogen (secondary N) is 1. The van der Waals surface area contributed by atoms with Crippen LogP contribution in [0.2, 0.25) is 10.0 Å². The molecule has 1 saturated heterocycles. The molecule has 47 heavy (non-hydrogen) atoms. The van der Waals surface area contributed by atoms with Gasteiger partial charge in [-0.3, -0.25) is 4.90 Å². The lowest BCUT2D eigenvalue weighted by Crippen LogP contribution is -2.46. The van der Waals surface area contributed by atoms with Crippen LogP contribution in [0.1, 0.15) is 5.69 Å². The van der Waals surface area contributed by atoms with Gasteiger partial charge in [0.1, 0.15) is 5.75 Å². The fraction of sp³-hybridized carbons (Fsp3) is 0.226. The Hall–Kier alpha value is -4.40. The molecule has 0 atom stereocenters. The van der Waals surface area contributed by atoms with Crippen LogP contribution in [0.15, 0.2) is 66.9 Å². The summed E-state index contributed by atoms with van der Waals surface area (Å²) in [5.74, 6) is -5.75. The minimum absolute atomic E-state index is 0.0265. The molecule has 0 radical (unpaired) electrons. The Morgan fingerprint density at radius 1 is 0.830 bits per heavy atom. The molecule has 1 aliphatic rings. The Labute approximate surface area is 271 Å². The fourth-order valence-electron chi connectivity index (χ4n) is 5.62. The summed E-state index contributed by atoms with van der Waals surface area (Å²) in [7, 11) is 0. The number of H-pyrrole nitrogens is 1. The van der Waals surface area contributed by atoms with Crippen molar-refractivity contribution in [3.63, 3.8) is 0 Å². The number of esters is 1. The Kier molecular flexibility index (Phi) is 8.53. The average Bonchev–Trinajstić information content (AvgIpc) is 3.62. The Morgan fingerprint density at radius 3 is 2.21 bits per heavy atom. The van der Waals surface area contributed by atoms with E-state index in [4.69, 9.17) is 32.8 Å². The lowest BCUT2D eigenvalue weighted by molar-refractivity contribution is -0.199. The number of ether oxygens (including phenoxy) is 1. The lowest BCUT2D eigenvalue weighted by Gasteiger charge is -2.36. The number of rotatable bonds is 6. The highest BCUT2D eigenvalue weighted by molar-refractivity contribution is 6.42. The van der Waals surface area contributed by atoms with E-state index >= 15 is 0 Å². The summed E-state index contributed by atoms with van der Waals surface area (Å²) in [5.41, 5.74) is 1.88. The summed E-state index contributed by atoms with van der Waals surface area (Å²) in [6.45, 7) is 1.73. The molecule has 0 amide bonds. The molecule has 0 bridgehead atoms. The maximum atomic E-state index is 13.5. The van der Waals surface area contributed by atoms with Gasteiger partial charge in [0.25, 0.3) is 0 Å². The van der Waals surface area contributed by atoms with E-state index in [9.17, 15) is 35.9 Å². The van der Waals surface area contributed by atoms with Crippen molar-refractivity contribution >= 4 is 62.6 Å². The van der Waals surface area contributed by atoms with Crippen molar-refractivity contribution in [3.05, 3.63) is 82.6 Å². The van der Waals surface area contributed by atoms with Gasteiger partial charge < -0.3 is 19.5 Å². The van der Waals surface area contributed by atoms with E-state index in [-0.39, 0.29) is 44.3 Å². The van der Waals surface area contributed by atoms with E-state index in [1.54, 1.807) is 0 Å². The number of hydrogen-bond donors (Lipinski definition) is 1. The number of aromatic nitrogens is 2. The van der Waals surface area contributed by atoms with Crippen LogP contribution < -0.4 is 14.5 Å². The molecule has 1 fully saturated rings. The highest BCUT2D eigenvalue weighted by Crippen LogP contribution is 2.43. The maximum absolute atomic E-state index is 13.5. The molecule has 5 aromatic rings. The molecule has 16 heteroatoms. The second kappa shape index (κ2) is 12.3. The predicted octanol–water partition coefficient (Wildman–Crippen LogP) is 7.40. The number of alkyl halides is 6. The minimum atomic E-state index is -5.41. The number of carbonyl (C=O) groups excluding carboxylic acids is 2. The van der Waals surface area contributed by atoms with E-state index in [1.807, 2.05) is 35.4 Å². The Morgan fingerprint density at radius 2 is 1.53 bits per heavy atom. The number of hydrogen-bond acceptors (Lipinski definition) is 6. The first-order valence-corrected chi connectivity index (χ1v) is 14.7. The Bertz CT molecular complexity index is 2000. The molecule has 6 rings (SSSR count). The minimum Gasteiger partial charge on any atom is -0.419 e. The summed E-state index contributed by atoms with van der Waals surface area (Å²) in [4.78, 5) is 36.2. The highest BCUT2D eigenvalue weighted by Gasteiger charge is 2.44. The molecule has 0 saturated carbocycles. The molecular formula is C31H22Cl2F6N4O4. The van der Waals surface area contributed by atoms with E-state index in [0.717, 1.165) is 28.7 Å². The SMILES string of the molecule is O=C(Oc1cccc2c1c(-c1ccc(Cl)c(Cl)c1)c(CN1CCN(c3cccc4[nH]ccc34)CC1)n2OC(=O)C(F)(F)F)C(F)(F)F. The van der Waals surface area contributed by atoms with Crippen LogP contribution in [0.25, 0.3) is 32.9 Å². The molecule has 0 unspecified atom stereocenters. The van der Waals surface area contributed by atoms with Crippen molar-refractivity contribution in [2.45, 2.75) is 18.9 Å². The standard InChI is InChI=1S/C31H22Cl2F6N4O4/c32-19-8-7-17(15-20(19)33)26-24(16-41-11-13-42(14-12-41)22-4-1-3-21-18(22)9-10-40-21)43(47-29(45)31(37,38)39)23-5-2-6-25(27(23)26)46-28(44)30(34,35)36/h1-10,15,40H,11-14,16H2. The van der Waals surface area contributed by atoms with E-state index < -0.39 is 30.0 Å². The number of anilines is 1. The van der Waals surface area contributed by atoms with Crippen molar-refractivity contribution in [2.75, 3.05) is 31.1 Å². The number of benzene rings is 3. The van der Waals surface area contributed by atoms with Gasteiger partial charge in [0.2, 0.25) is 0 Å². The topological polar surface area (TPSA) is 79.8 Å². The lowest BCUT2D eigenvalue weighted by atomic mass is 10.0. The molecule has 2 aromatic heterocycles. The van der Waals surface area contributed by atoms with Crippen molar-refractivity contribution < 1.29 is 45.5 Å². The third-order valence-corrected chi connectivity index (χ3v) is 8.45. The number of fused-ring (bicyclic) bond motifs is 2. The van der Waals surface area contributed by atoms with Crippen LogP contribution in [-0.4, -0.2) is 65.1 Å². The first kappa shape index (κ1) is 32.5. The molecule has 3 heterocycles. The molecule has 8 nitrogen and oxygen atoms in total. The monoisotopic (exact) mass is 698 g/mol. The molecule has 3 aromatic carbocycles. The van der Waals surface area contributed by atoms with Gasteiger partial charge in [0.15, 0.2) is 0 Å². The zero-order valence-electron chi connectivity index (χ0n) is 23.9. The average molecular weight is 699 g/mol. The van der Waals surface area contributed by atoms with Crippen LogP contribution in [0, 0.1) is 0 Å². The summed E-state index contributed by atoms with van der Waals surface area (Å²) in [5, 5.41) is 0.955. The number of nitrogens with zero attached hydrogens (tertiary/aromatic N) is 3. The van der Waals surface area contributed by atoms with Crippen LogP contribution in [0.3, 0.4) is 0 Å². The second-order valence-corrected chi connectivity index (χ2v) is 11.5. The number of halogens is 8. The number of aromatic amines is 1. The van der Waals surface area contributed by atoms with Crippen LogP contribution >= 0.6 is 23.2 Å². The van der Waals surface area contributed by atoms with Gasteiger partial charge in [-0.1, -0.05) is 41.4 Å². The quantitative estimate of drug-likeness (QED) is 0.113. The normalized spacial score (nSPS) is 14.6. The van der Waals surface area contributed by atoms with Crippen LogP contribution in [0.4, 0.5) is 32.0 Å². The zero-order valence-corrected chi connectivity index (χ0v) is 25.4. The zero-order chi connectivity index (χ0) is 33.7. The summed E-state index contributed by atoms with van der Waals surface area (Å²) in [6, 6.07) is 15.4. The first-order chi connectivity index (χ1) is 22.2. The molecule has 1 aliphatic heterocycles. The highest BCUT2D eigenvalue weighted by atomic mass is 35.5. The molecule has 246 valence electrons. The maximum Gasteiger partial charge on any atom is 0.493 e.